The molecule has 1 N–H and O–H groups in total. The maximum atomic E-state index is 12.3. The van der Waals surface area contributed by atoms with E-state index in [-0.39, 0.29) is 5.91 Å². The van der Waals surface area contributed by atoms with E-state index < -0.39 is 0 Å². The Labute approximate surface area is 124 Å². The Morgan fingerprint density at radius 1 is 1.43 bits per heavy atom. The molecule has 1 atom stereocenters. The molecule has 1 unspecified atom stereocenters. The van der Waals surface area contributed by atoms with E-state index in [2.05, 4.69) is 15.2 Å². The summed E-state index contributed by atoms with van der Waals surface area (Å²) in [4.78, 5) is 18.3. The molecule has 1 aliphatic heterocycles. The number of carbonyl (C=O) groups is 1. The maximum Gasteiger partial charge on any atom is 0.224 e. The van der Waals surface area contributed by atoms with Crippen LogP contribution in [0.2, 0.25) is 0 Å². The molecule has 1 saturated heterocycles. The number of carbonyl (C=O) groups excluding carboxylic acids is 1. The number of nitrogens with one attached hydrogen (secondary N) is 1. The Bertz CT molecular complexity index is 549. The predicted molar refractivity (Wildman–Crippen MR) is 78.4 cm³/mol. The van der Waals surface area contributed by atoms with Crippen molar-refractivity contribution >= 4 is 5.91 Å². The molecule has 2 aromatic rings. The molecule has 0 aromatic carbocycles. The van der Waals surface area contributed by atoms with E-state index in [1.54, 1.807) is 18.7 Å². The summed E-state index contributed by atoms with van der Waals surface area (Å²) in [7, 11) is 0. The third-order valence-electron chi connectivity index (χ3n) is 4.08. The molecule has 6 nitrogen and oxygen atoms in total. The second-order valence-electron chi connectivity index (χ2n) is 5.68. The smallest absolute Gasteiger partial charge is 0.224 e. The Morgan fingerprint density at radius 3 is 3.14 bits per heavy atom. The first-order chi connectivity index (χ1) is 10.3. The summed E-state index contributed by atoms with van der Waals surface area (Å²) in [6, 6.07) is 2.01. The number of hydrogen-bond donors (Lipinski definition) is 1. The summed E-state index contributed by atoms with van der Waals surface area (Å²) < 4.78 is 1.95. The molecule has 0 spiro atoms. The number of aromatic nitrogens is 4. The van der Waals surface area contributed by atoms with Gasteiger partial charge in [0.1, 0.15) is 0 Å². The first kappa shape index (κ1) is 13.9. The van der Waals surface area contributed by atoms with E-state index in [1.807, 2.05) is 21.7 Å². The van der Waals surface area contributed by atoms with Gasteiger partial charge in [-0.3, -0.25) is 9.89 Å². The lowest BCUT2D eigenvalue weighted by Gasteiger charge is -2.32. The van der Waals surface area contributed by atoms with Crippen molar-refractivity contribution in [2.45, 2.75) is 32.2 Å². The van der Waals surface area contributed by atoms with Crippen molar-refractivity contribution in [3.05, 3.63) is 36.7 Å². The van der Waals surface area contributed by atoms with Gasteiger partial charge in [-0.25, -0.2) is 4.98 Å². The van der Waals surface area contributed by atoms with Crippen molar-refractivity contribution in [2.75, 3.05) is 13.1 Å². The summed E-state index contributed by atoms with van der Waals surface area (Å²) in [5.74, 6) is 0.786. The van der Waals surface area contributed by atoms with Crippen LogP contribution < -0.4 is 0 Å². The number of aryl methyl sites for hydroxylation is 1. The highest BCUT2D eigenvalue weighted by Gasteiger charge is 2.23. The first-order valence-electron chi connectivity index (χ1n) is 7.53. The highest BCUT2D eigenvalue weighted by atomic mass is 16.2. The fourth-order valence-corrected chi connectivity index (χ4v) is 2.97. The van der Waals surface area contributed by atoms with Crippen molar-refractivity contribution in [1.29, 1.82) is 0 Å². The second kappa shape index (κ2) is 6.56. The van der Waals surface area contributed by atoms with Crippen LogP contribution in [0.15, 0.2) is 31.0 Å². The second-order valence-corrected chi connectivity index (χ2v) is 5.68. The summed E-state index contributed by atoms with van der Waals surface area (Å²) in [5.41, 5.74) is 1.16. The van der Waals surface area contributed by atoms with Crippen LogP contribution in [-0.2, 0) is 17.8 Å². The molecule has 112 valence electrons. The van der Waals surface area contributed by atoms with Gasteiger partial charge in [0, 0.05) is 50.3 Å². The first-order valence-corrected chi connectivity index (χ1v) is 7.53. The Kier molecular flexibility index (Phi) is 4.33. The largest absolute Gasteiger partial charge is 0.342 e. The number of nitrogens with zero attached hydrogens (tertiary/aromatic N) is 4. The normalized spacial score (nSPS) is 18.9. The van der Waals surface area contributed by atoms with Crippen molar-refractivity contribution in [3.8, 4) is 0 Å². The highest BCUT2D eigenvalue weighted by Crippen LogP contribution is 2.20. The Balaban J connectivity index is 1.49. The zero-order chi connectivity index (χ0) is 14.5. The van der Waals surface area contributed by atoms with E-state index in [0.29, 0.717) is 18.9 Å². The van der Waals surface area contributed by atoms with Gasteiger partial charge >= 0.3 is 0 Å². The maximum absolute atomic E-state index is 12.3. The summed E-state index contributed by atoms with van der Waals surface area (Å²) in [5, 5.41) is 6.99. The SMILES string of the molecule is O=C(CCn1ccnc1)N1CCCC(Cc2ccn[nH]2)C1. The van der Waals surface area contributed by atoms with Crippen molar-refractivity contribution < 1.29 is 4.79 Å². The van der Waals surface area contributed by atoms with Crippen LogP contribution in [0.1, 0.15) is 25.0 Å². The summed E-state index contributed by atoms with van der Waals surface area (Å²) in [6.07, 6.45) is 11.0. The van der Waals surface area contributed by atoms with Gasteiger partial charge in [0.05, 0.1) is 6.33 Å². The number of aromatic amines is 1. The molecule has 0 radical (unpaired) electrons. The lowest BCUT2D eigenvalue weighted by Crippen LogP contribution is -2.40. The molecule has 1 fully saturated rings. The van der Waals surface area contributed by atoms with Crippen LogP contribution in [-0.4, -0.2) is 43.6 Å². The number of hydrogen-bond acceptors (Lipinski definition) is 3. The van der Waals surface area contributed by atoms with Gasteiger partial charge in [0.2, 0.25) is 5.91 Å². The van der Waals surface area contributed by atoms with E-state index in [1.165, 1.54) is 6.42 Å². The number of rotatable bonds is 5. The summed E-state index contributed by atoms with van der Waals surface area (Å²) >= 11 is 0. The minimum atomic E-state index is 0.248. The highest BCUT2D eigenvalue weighted by molar-refractivity contribution is 5.76. The quantitative estimate of drug-likeness (QED) is 0.905. The van der Waals surface area contributed by atoms with Crippen LogP contribution >= 0.6 is 0 Å². The molecule has 2 aromatic heterocycles. The van der Waals surface area contributed by atoms with E-state index in [0.717, 1.165) is 31.6 Å². The van der Waals surface area contributed by atoms with E-state index in [4.69, 9.17) is 0 Å². The lowest BCUT2D eigenvalue weighted by molar-refractivity contribution is -0.133. The van der Waals surface area contributed by atoms with Crippen molar-refractivity contribution in [2.24, 2.45) is 5.92 Å². The van der Waals surface area contributed by atoms with Gasteiger partial charge in [-0.1, -0.05) is 0 Å². The van der Waals surface area contributed by atoms with Gasteiger partial charge in [-0.15, -0.1) is 0 Å². The molecule has 21 heavy (non-hydrogen) atoms. The number of H-pyrrole nitrogens is 1. The van der Waals surface area contributed by atoms with Gasteiger partial charge in [-0.05, 0) is 31.2 Å². The molecule has 0 saturated carbocycles. The van der Waals surface area contributed by atoms with Crippen molar-refractivity contribution in [3.63, 3.8) is 0 Å². The Hall–Kier alpha value is -2.11. The predicted octanol–water partition coefficient (Wildman–Crippen LogP) is 1.48. The minimum Gasteiger partial charge on any atom is -0.342 e. The molecule has 3 rings (SSSR count). The van der Waals surface area contributed by atoms with Crippen LogP contribution in [0, 0.1) is 5.92 Å². The van der Waals surface area contributed by atoms with Gasteiger partial charge in [0.25, 0.3) is 0 Å². The lowest BCUT2D eigenvalue weighted by atomic mass is 9.93. The molecular weight excluding hydrogens is 266 g/mol. The number of piperidine rings is 1. The van der Waals surface area contributed by atoms with E-state index >= 15 is 0 Å². The summed E-state index contributed by atoms with van der Waals surface area (Å²) in [6.45, 7) is 2.46. The van der Waals surface area contributed by atoms with Gasteiger partial charge < -0.3 is 9.47 Å². The molecular formula is C15H21N5O. The van der Waals surface area contributed by atoms with Crippen LogP contribution in [0.5, 0.6) is 0 Å². The van der Waals surface area contributed by atoms with Gasteiger partial charge in [-0.2, -0.15) is 5.10 Å². The molecule has 0 bridgehead atoms. The average molecular weight is 287 g/mol. The van der Waals surface area contributed by atoms with Crippen molar-refractivity contribution in [1.82, 2.24) is 24.6 Å². The minimum absolute atomic E-state index is 0.248. The fraction of sp³-hybridized carbons (Fsp3) is 0.533. The zero-order valence-corrected chi connectivity index (χ0v) is 12.1. The van der Waals surface area contributed by atoms with Gasteiger partial charge in [0.15, 0.2) is 0 Å². The molecule has 1 amide bonds. The fourth-order valence-electron chi connectivity index (χ4n) is 2.97. The standard InChI is InChI=1S/C15H21N5O/c21-15(4-8-19-9-6-16-12-19)20-7-1-2-13(11-20)10-14-3-5-17-18-14/h3,5-6,9,12-13H,1-2,4,7-8,10-11H2,(H,17,18). The molecule has 0 aliphatic carbocycles. The van der Waals surface area contributed by atoms with Crippen LogP contribution in [0.3, 0.4) is 0 Å². The Morgan fingerprint density at radius 2 is 2.38 bits per heavy atom. The molecule has 1 aliphatic rings. The van der Waals surface area contributed by atoms with Crippen LogP contribution in [0.25, 0.3) is 0 Å². The van der Waals surface area contributed by atoms with Crippen LogP contribution in [0.4, 0.5) is 0 Å². The molecule has 3 heterocycles. The third kappa shape index (κ3) is 3.71. The third-order valence-corrected chi connectivity index (χ3v) is 4.08. The zero-order valence-electron chi connectivity index (χ0n) is 12.1. The van der Waals surface area contributed by atoms with E-state index in [9.17, 15) is 4.79 Å². The average Bonchev–Trinajstić information content (AvgIpc) is 3.18. The molecule has 6 heteroatoms. The number of imidazole rings is 1. The monoisotopic (exact) mass is 287 g/mol. The number of amides is 1. The number of likely N-dealkylation sites (tertiary alicyclic amines) is 1. The topological polar surface area (TPSA) is 66.8 Å².